The van der Waals surface area contributed by atoms with Crippen molar-refractivity contribution in [3.8, 4) is 0 Å². The van der Waals surface area contributed by atoms with Crippen LogP contribution >= 0.6 is 12.4 Å². The third kappa shape index (κ3) is 3.51. The molecule has 0 aliphatic heterocycles. The Morgan fingerprint density at radius 3 is 2.31 bits per heavy atom. The van der Waals surface area contributed by atoms with Crippen LogP contribution in [0.15, 0.2) is 24.3 Å². The van der Waals surface area contributed by atoms with Crippen molar-refractivity contribution in [1.29, 1.82) is 0 Å². The lowest BCUT2D eigenvalue weighted by Gasteiger charge is -2.24. The number of carbonyl (C=O) groups is 1. The van der Waals surface area contributed by atoms with Gasteiger partial charge in [-0.2, -0.15) is 0 Å². The fourth-order valence-electron chi connectivity index (χ4n) is 1.43. The number of hydrogen-bond acceptors (Lipinski definition) is 2. The average molecular weight is 243 g/mol. The monoisotopic (exact) mass is 242 g/mol. The minimum Gasteiger partial charge on any atom is -0.338 e. The Morgan fingerprint density at radius 2 is 1.88 bits per heavy atom. The predicted octanol–water partition coefficient (Wildman–Crippen LogP) is 1.89. The fraction of sp³-hybridized carbons (Fsp3) is 0.417. The summed E-state index contributed by atoms with van der Waals surface area (Å²) in [7, 11) is 1.78. The van der Waals surface area contributed by atoms with Crippen LogP contribution in [0, 0.1) is 6.92 Å². The highest BCUT2D eigenvalue weighted by molar-refractivity contribution is 5.85. The largest absolute Gasteiger partial charge is 0.338 e. The first kappa shape index (κ1) is 14.9. The molecule has 0 radical (unpaired) electrons. The smallest absolute Gasteiger partial charge is 0.236 e. The van der Waals surface area contributed by atoms with Crippen LogP contribution in [0.5, 0.6) is 0 Å². The topological polar surface area (TPSA) is 46.3 Å². The lowest BCUT2D eigenvalue weighted by atomic mass is 10.1. The van der Waals surface area contributed by atoms with Crippen LogP contribution in [-0.2, 0) is 4.79 Å². The molecule has 1 aromatic rings. The second kappa shape index (κ2) is 6.51. The standard InChI is InChI=1S/C12H18N2O.ClH/c1-9-4-6-11(7-5-9)10(2)14(3)12(15)8-13;/h4-7,10H,8,13H2,1-3H3;1H. The first-order chi connectivity index (χ1) is 7.06. The minimum atomic E-state index is -0.0388. The van der Waals surface area contributed by atoms with E-state index < -0.39 is 0 Å². The zero-order valence-electron chi connectivity index (χ0n) is 9.93. The molecule has 0 heterocycles. The van der Waals surface area contributed by atoms with Crippen LogP contribution in [0.4, 0.5) is 0 Å². The number of amides is 1. The second-order valence-corrected chi connectivity index (χ2v) is 3.80. The van der Waals surface area contributed by atoms with Gasteiger partial charge in [0.05, 0.1) is 12.6 Å². The number of rotatable bonds is 3. The van der Waals surface area contributed by atoms with E-state index in [9.17, 15) is 4.79 Å². The first-order valence-corrected chi connectivity index (χ1v) is 5.08. The third-order valence-electron chi connectivity index (χ3n) is 2.71. The fourth-order valence-corrected chi connectivity index (χ4v) is 1.43. The molecule has 3 nitrogen and oxygen atoms in total. The van der Waals surface area contributed by atoms with Gasteiger partial charge < -0.3 is 10.6 Å². The number of aryl methyl sites for hydroxylation is 1. The summed E-state index contributed by atoms with van der Waals surface area (Å²) in [6.45, 7) is 4.11. The molecule has 0 spiro atoms. The van der Waals surface area contributed by atoms with Gasteiger partial charge in [0.15, 0.2) is 0 Å². The van der Waals surface area contributed by atoms with Crippen molar-refractivity contribution in [3.63, 3.8) is 0 Å². The SMILES string of the molecule is Cc1ccc(C(C)N(C)C(=O)CN)cc1.Cl. The van der Waals surface area contributed by atoms with Crippen LogP contribution in [0.3, 0.4) is 0 Å². The van der Waals surface area contributed by atoms with E-state index in [1.807, 2.05) is 38.1 Å². The van der Waals surface area contributed by atoms with Crippen LogP contribution in [0.1, 0.15) is 24.1 Å². The highest BCUT2D eigenvalue weighted by Gasteiger charge is 2.15. The summed E-state index contributed by atoms with van der Waals surface area (Å²) in [6, 6.07) is 8.25. The van der Waals surface area contributed by atoms with Gasteiger partial charge in [-0.25, -0.2) is 0 Å². The molecule has 1 atom stereocenters. The molecule has 1 rings (SSSR count). The molecule has 0 aromatic heterocycles. The van der Waals surface area contributed by atoms with E-state index >= 15 is 0 Å². The lowest BCUT2D eigenvalue weighted by Crippen LogP contribution is -2.34. The van der Waals surface area contributed by atoms with Crippen LogP contribution < -0.4 is 5.73 Å². The van der Waals surface area contributed by atoms with Gasteiger partial charge in [0.1, 0.15) is 0 Å². The molecule has 1 aromatic carbocycles. The molecule has 2 N–H and O–H groups in total. The van der Waals surface area contributed by atoms with Crippen molar-refractivity contribution in [2.45, 2.75) is 19.9 Å². The predicted molar refractivity (Wildman–Crippen MR) is 68.7 cm³/mol. The van der Waals surface area contributed by atoms with Gasteiger partial charge in [-0.05, 0) is 19.4 Å². The van der Waals surface area contributed by atoms with Crippen LogP contribution in [0.2, 0.25) is 0 Å². The van der Waals surface area contributed by atoms with E-state index in [0.717, 1.165) is 5.56 Å². The number of nitrogens with zero attached hydrogens (tertiary/aromatic N) is 1. The number of hydrogen-bond donors (Lipinski definition) is 1. The van der Waals surface area contributed by atoms with Gasteiger partial charge in [-0.15, -0.1) is 12.4 Å². The molecule has 0 saturated heterocycles. The second-order valence-electron chi connectivity index (χ2n) is 3.80. The Balaban J connectivity index is 0.00000225. The Kier molecular flexibility index (Phi) is 6.08. The van der Waals surface area contributed by atoms with Gasteiger partial charge in [0, 0.05) is 7.05 Å². The molecule has 0 aliphatic rings. The molecule has 4 heteroatoms. The Labute approximate surface area is 103 Å². The van der Waals surface area contributed by atoms with Crippen molar-refractivity contribution in [1.82, 2.24) is 4.90 Å². The van der Waals surface area contributed by atoms with Gasteiger partial charge in [0.2, 0.25) is 5.91 Å². The van der Waals surface area contributed by atoms with Crippen LogP contribution in [0.25, 0.3) is 0 Å². The van der Waals surface area contributed by atoms with Crippen molar-refractivity contribution >= 4 is 18.3 Å². The zero-order valence-corrected chi connectivity index (χ0v) is 10.8. The Hall–Kier alpha value is -1.06. The minimum absolute atomic E-state index is 0. The van der Waals surface area contributed by atoms with Crippen molar-refractivity contribution in [2.24, 2.45) is 5.73 Å². The van der Waals surface area contributed by atoms with Gasteiger partial charge in [0.25, 0.3) is 0 Å². The summed E-state index contributed by atoms with van der Waals surface area (Å²) in [5, 5.41) is 0. The van der Waals surface area contributed by atoms with E-state index in [1.165, 1.54) is 5.56 Å². The maximum absolute atomic E-state index is 11.4. The maximum atomic E-state index is 11.4. The summed E-state index contributed by atoms with van der Waals surface area (Å²) >= 11 is 0. The summed E-state index contributed by atoms with van der Waals surface area (Å²) in [6.07, 6.45) is 0. The number of carbonyl (C=O) groups excluding carboxylic acids is 1. The molecule has 1 unspecified atom stereocenters. The normalized spacial score (nSPS) is 11.5. The lowest BCUT2D eigenvalue weighted by molar-refractivity contribution is -0.130. The molecule has 0 bridgehead atoms. The van der Waals surface area contributed by atoms with E-state index in [0.29, 0.717) is 0 Å². The first-order valence-electron chi connectivity index (χ1n) is 5.08. The van der Waals surface area contributed by atoms with E-state index in [-0.39, 0.29) is 30.9 Å². The zero-order chi connectivity index (χ0) is 11.4. The molecule has 90 valence electrons. The third-order valence-corrected chi connectivity index (χ3v) is 2.71. The maximum Gasteiger partial charge on any atom is 0.236 e. The van der Waals surface area contributed by atoms with Gasteiger partial charge >= 0.3 is 0 Å². The van der Waals surface area contributed by atoms with Crippen molar-refractivity contribution in [2.75, 3.05) is 13.6 Å². The van der Waals surface area contributed by atoms with E-state index in [1.54, 1.807) is 11.9 Å². The quantitative estimate of drug-likeness (QED) is 0.880. The Morgan fingerprint density at radius 1 is 1.38 bits per heavy atom. The highest BCUT2D eigenvalue weighted by atomic mass is 35.5. The molecule has 0 saturated carbocycles. The molecule has 0 aliphatic carbocycles. The molecular formula is C12H19ClN2O. The van der Waals surface area contributed by atoms with Crippen LogP contribution in [-0.4, -0.2) is 24.4 Å². The average Bonchev–Trinajstić information content (AvgIpc) is 2.27. The molecule has 16 heavy (non-hydrogen) atoms. The van der Waals surface area contributed by atoms with Crippen molar-refractivity contribution < 1.29 is 4.79 Å². The summed E-state index contributed by atoms with van der Waals surface area (Å²) in [5.74, 6) is -0.0388. The molecular weight excluding hydrogens is 224 g/mol. The highest BCUT2D eigenvalue weighted by Crippen LogP contribution is 2.18. The Bertz CT molecular complexity index is 337. The van der Waals surface area contributed by atoms with E-state index in [4.69, 9.17) is 5.73 Å². The number of nitrogens with two attached hydrogens (primary N) is 1. The number of likely N-dealkylation sites (N-methyl/N-ethyl adjacent to an activating group) is 1. The molecule has 0 fully saturated rings. The number of halogens is 1. The summed E-state index contributed by atoms with van der Waals surface area (Å²) < 4.78 is 0. The number of benzene rings is 1. The van der Waals surface area contributed by atoms with Gasteiger partial charge in [-0.1, -0.05) is 29.8 Å². The molecule has 1 amide bonds. The van der Waals surface area contributed by atoms with E-state index in [2.05, 4.69) is 0 Å². The van der Waals surface area contributed by atoms with Gasteiger partial charge in [-0.3, -0.25) is 4.79 Å². The summed E-state index contributed by atoms with van der Waals surface area (Å²) in [4.78, 5) is 13.1. The van der Waals surface area contributed by atoms with Crippen molar-refractivity contribution in [3.05, 3.63) is 35.4 Å². The summed E-state index contributed by atoms with van der Waals surface area (Å²) in [5.41, 5.74) is 7.67.